The van der Waals surface area contributed by atoms with Crippen molar-refractivity contribution in [3.63, 3.8) is 0 Å². The molecule has 3 aliphatic rings. The highest BCUT2D eigenvalue weighted by atomic mass is 16.6. The summed E-state index contributed by atoms with van der Waals surface area (Å²) in [6.07, 6.45) is 0.00705. The van der Waals surface area contributed by atoms with Gasteiger partial charge in [-0.05, 0) is 27.2 Å². The molecule has 3 amide bonds. The molecule has 0 bridgehead atoms. The van der Waals surface area contributed by atoms with E-state index in [2.05, 4.69) is 15.4 Å². The number of carbonyl (C=O) groups excluding carboxylic acids is 3. The van der Waals surface area contributed by atoms with Crippen molar-refractivity contribution in [3.8, 4) is 0 Å². The molecule has 4 rings (SSSR count). The molecule has 0 aromatic carbocycles. The maximum Gasteiger partial charge on any atom is 0.410 e. The van der Waals surface area contributed by atoms with E-state index in [-0.39, 0.29) is 30.0 Å². The number of rotatable bonds is 1. The van der Waals surface area contributed by atoms with Crippen LogP contribution in [0.5, 0.6) is 0 Å². The highest BCUT2D eigenvalue weighted by Gasteiger charge is 2.40. The molecule has 0 unspecified atom stereocenters. The number of likely N-dealkylation sites (tertiary alicyclic amines) is 1. The summed E-state index contributed by atoms with van der Waals surface area (Å²) in [6, 6.07) is -0.0444. The Hall–Kier alpha value is -2.85. The first-order valence-corrected chi connectivity index (χ1v) is 9.88. The number of aromatic nitrogens is 3. The van der Waals surface area contributed by atoms with E-state index in [9.17, 15) is 14.4 Å². The van der Waals surface area contributed by atoms with Gasteiger partial charge in [-0.25, -0.2) is 19.3 Å². The van der Waals surface area contributed by atoms with Crippen molar-refractivity contribution >= 4 is 18.1 Å². The van der Waals surface area contributed by atoms with Gasteiger partial charge in [-0.15, -0.1) is 5.10 Å². The Labute approximate surface area is 168 Å². The summed E-state index contributed by atoms with van der Waals surface area (Å²) in [5.74, 6) is 0.542. The maximum absolute atomic E-state index is 12.8. The van der Waals surface area contributed by atoms with Gasteiger partial charge in [0, 0.05) is 26.1 Å². The average Bonchev–Trinajstić information content (AvgIpc) is 3.15. The Morgan fingerprint density at radius 1 is 1.17 bits per heavy atom. The number of fused-ring (bicyclic) bond motifs is 2. The minimum absolute atomic E-state index is 0.0444. The average molecular weight is 406 g/mol. The molecule has 3 aliphatic heterocycles. The van der Waals surface area contributed by atoms with E-state index in [1.165, 1.54) is 0 Å². The Morgan fingerprint density at radius 2 is 1.97 bits per heavy atom. The van der Waals surface area contributed by atoms with Crippen LogP contribution in [0.25, 0.3) is 0 Å². The van der Waals surface area contributed by atoms with Crippen LogP contribution in [0, 0.1) is 0 Å². The van der Waals surface area contributed by atoms with Gasteiger partial charge in [0.05, 0.1) is 19.1 Å². The van der Waals surface area contributed by atoms with Crippen LogP contribution in [0.1, 0.15) is 43.6 Å². The molecule has 1 aromatic rings. The van der Waals surface area contributed by atoms with Crippen molar-refractivity contribution in [2.45, 2.75) is 57.9 Å². The van der Waals surface area contributed by atoms with Crippen molar-refractivity contribution in [1.29, 1.82) is 0 Å². The van der Waals surface area contributed by atoms with Crippen LogP contribution in [-0.2, 0) is 22.4 Å². The number of hydrogen-bond donors (Lipinski definition) is 1. The summed E-state index contributed by atoms with van der Waals surface area (Å²) in [6.45, 7) is 7.68. The van der Waals surface area contributed by atoms with Gasteiger partial charge in [-0.1, -0.05) is 0 Å². The van der Waals surface area contributed by atoms with Crippen molar-refractivity contribution in [1.82, 2.24) is 29.9 Å². The first-order valence-electron chi connectivity index (χ1n) is 9.88. The van der Waals surface area contributed by atoms with Crippen LogP contribution in [0.4, 0.5) is 9.59 Å². The zero-order valence-electron chi connectivity index (χ0n) is 16.9. The Morgan fingerprint density at radius 3 is 2.72 bits per heavy atom. The molecule has 2 atom stereocenters. The van der Waals surface area contributed by atoms with Crippen molar-refractivity contribution in [3.05, 3.63) is 11.6 Å². The van der Waals surface area contributed by atoms with Crippen LogP contribution in [0.15, 0.2) is 0 Å². The van der Waals surface area contributed by atoms with E-state index in [1.807, 2.05) is 20.8 Å². The second-order valence-corrected chi connectivity index (χ2v) is 8.53. The number of nitrogens with one attached hydrogen (secondary N) is 1. The normalized spacial score (nSPS) is 24.2. The maximum atomic E-state index is 12.8. The van der Waals surface area contributed by atoms with Crippen LogP contribution < -0.4 is 5.32 Å². The molecule has 0 aliphatic carbocycles. The third-order valence-corrected chi connectivity index (χ3v) is 5.19. The smallest absolute Gasteiger partial charge is 0.410 e. The highest BCUT2D eigenvalue weighted by molar-refractivity contribution is 5.90. The second kappa shape index (κ2) is 7.20. The van der Waals surface area contributed by atoms with Gasteiger partial charge in [0.25, 0.3) is 5.91 Å². The molecule has 11 nitrogen and oxygen atoms in total. The summed E-state index contributed by atoms with van der Waals surface area (Å²) in [5, 5.41) is 7.12. The number of ether oxygens (including phenoxy) is 2. The number of amides is 3. The zero-order chi connectivity index (χ0) is 20.8. The summed E-state index contributed by atoms with van der Waals surface area (Å²) in [4.78, 5) is 44.2. The highest BCUT2D eigenvalue weighted by Crippen LogP contribution is 2.21. The molecule has 158 valence electrons. The lowest BCUT2D eigenvalue weighted by molar-refractivity contribution is 0.0252. The second-order valence-electron chi connectivity index (χ2n) is 8.53. The van der Waals surface area contributed by atoms with E-state index >= 15 is 0 Å². The first-order chi connectivity index (χ1) is 13.7. The summed E-state index contributed by atoms with van der Waals surface area (Å²) in [5.41, 5.74) is -0.550. The molecule has 11 heteroatoms. The number of carbonyl (C=O) groups is 3. The monoisotopic (exact) mass is 406 g/mol. The molecule has 2 fully saturated rings. The third kappa shape index (κ3) is 4.13. The van der Waals surface area contributed by atoms with Gasteiger partial charge in [0.15, 0.2) is 0 Å². The number of alkyl carbamates (subject to hydrolysis) is 1. The van der Waals surface area contributed by atoms with Gasteiger partial charge in [0.2, 0.25) is 5.82 Å². The number of hydrogen-bond acceptors (Lipinski definition) is 7. The third-order valence-electron chi connectivity index (χ3n) is 5.19. The van der Waals surface area contributed by atoms with E-state index < -0.39 is 11.7 Å². The van der Waals surface area contributed by atoms with E-state index in [4.69, 9.17) is 9.47 Å². The molecule has 1 N–H and O–H groups in total. The van der Waals surface area contributed by atoms with Crippen LogP contribution in [-0.4, -0.2) is 86.6 Å². The quantitative estimate of drug-likeness (QED) is 0.717. The fraction of sp³-hybridized carbons (Fsp3) is 0.722. The molecule has 0 spiro atoms. The summed E-state index contributed by atoms with van der Waals surface area (Å²) in [7, 11) is 0. The predicted molar refractivity (Wildman–Crippen MR) is 99.2 cm³/mol. The van der Waals surface area contributed by atoms with E-state index in [1.54, 1.807) is 14.5 Å². The number of nitrogens with zero attached hydrogens (tertiary/aromatic N) is 5. The minimum atomic E-state index is -0.550. The lowest BCUT2D eigenvalue weighted by Gasteiger charge is -2.32. The van der Waals surface area contributed by atoms with Gasteiger partial charge in [-0.3, -0.25) is 4.79 Å². The predicted octanol–water partition coefficient (Wildman–Crippen LogP) is 0.394. The van der Waals surface area contributed by atoms with Gasteiger partial charge in [-0.2, -0.15) is 0 Å². The summed E-state index contributed by atoms with van der Waals surface area (Å²) >= 11 is 0. The molecule has 29 heavy (non-hydrogen) atoms. The molecule has 0 saturated carbocycles. The number of piperidine rings is 1. The molecule has 0 radical (unpaired) electrons. The molecular formula is C18H26N6O5. The Bertz CT molecular complexity index is 806. The van der Waals surface area contributed by atoms with Crippen molar-refractivity contribution in [2.24, 2.45) is 0 Å². The fourth-order valence-electron chi connectivity index (χ4n) is 3.75. The van der Waals surface area contributed by atoms with Gasteiger partial charge >= 0.3 is 12.2 Å². The zero-order valence-corrected chi connectivity index (χ0v) is 16.9. The minimum Gasteiger partial charge on any atom is -0.444 e. The molecule has 2 saturated heterocycles. The Balaban J connectivity index is 1.39. The topological polar surface area (TPSA) is 119 Å². The standard InChI is InChI=1S/C18H26N6O5/c1-18(2,3)29-17(27)22-7-5-13-20-14(21-24(13)9-8-22)15(25)23-6-4-11-12(10-23)28-16(26)19-11/h11-12H,4-10H2,1-3H3,(H,19,26)/t11-,12-/m1/s1. The SMILES string of the molecule is CC(C)(C)OC(=O)N1CCc2nc(C(=O)N3CC[C@H]4NC(=O)O[C@@H]4C3)nn2CC1. The van der Waals surface area contributed by atoms with Crippen molar-refractivity contribution < 1.29 is 23.9 Å². The summed E-state index contributed by atoms with van der Waals surface area (Å²) < 4.78 is 12.3. The molecular weight excluding hydrogens is 380 g/mol. The van der Waals surface area contributed by atoms with Crippen molar-refractivity contribution in [2.75, 3.05) is 26.2 Å². The van der Waals surface area contributed by atoms with E-state index in [0.717, 1.165) is 0 Å². The Kier molecular flexibility index (Phi) is 4.83. The fourth-order valence-corrected chi connectivity index (χ4v) is 3.75. The molecule has 1 aromatic heterocycles. The van der Waals surface area contributed by atoms with Gasteiger partial charge < -0.3 is 24.6 Å². The lowest BCUT2D eigenvalue weighted by Crippen LogP contribution is -2.50. The van der Waals surface area contributed by atoms with Crippen LogP contribution in [0.2, 0.25) is 0 Å². The van der Waals surface area contributed by atoms with Crippen LogP contribution in [0.3, 0.4) is 0 Å². The van der Waals surface area contributed by atoms with E-state index in [0.29, 0.717) is 51.4 Å². The largest absolute Gasteiger partial charge is 0.444 e. The van der Waals surface area contributed by atoms with Gasteiger partial charge in [0.1, 0.15) is 17.5 Å². The first kappa shape index (κ1) is 19.5. The lowest BCUT2D eigenvalue weighted by atomic mass is 10.0. The van der Waals surface area contributed by atoms with Crippen LogP contribution >= 0.6 is 0 Å². The molecule has 4 heterocycles.